The molecule has 0 aliphatic rings. The van der Waals surface area contributed by atoms with Gasteiger partial charge in [0.05, 0.1) is 4.90 Å². The highest BCUT2D eigenvalue weighted by Gasteiger charge is 2.19. The number of aryl methyl sites for hydroxylation is 2. The lowest BCUT2D eigenvalue weighted by molar-refractivity contribution is -0.136. The van der Waals surface area contributed by atoms with Crippen LogP contribution in [-0.2, 0) is 21.2 Å². The predicted octanol–water partition coefficient (Wildman–Crippen LogP) is 2.45. The third-order valence-corrected chi connectivity index (χ3v) is 5.30. The van der Waals surface area contributed by atoms with E-state index in [2.05, 4.69) is 9.71 Å². The van der Waals surface area contributed by atoms with Crippen molar-refractivity contribution in [1.29, 1.82) is 0 Å². The number of sulfonamides is 1. The van der Waals surface area contributed by atoms with Gasteiger partial charge in [-0.1, -0.05) is 12.1 Å². The molecule has 1 heterocycles. The van der Waals surface area contributed by atoms with Gasteiger partial charge in [-0.3, -0.25) is 9.78 Å². The Balaban J connectivity index is 2.12. The van der Waals surface area contributed by atoms with Gasteiger partial charge < -0.3 is 5.11 Å². The van der Waals surface area contributed by atoms with Gasteiger partial charge in [0.2, 0.25) is 10.0 Å². The van der Waals surface area contributed by atoms with E-state index in [-0.39, 0.29) is 11.3 Å². The maximum absolute atomic E-state index is 12.5. The van der Waals surface area contributed by atoms with Crippen molar-refractivity contribution in [3.8, 4) is 0 Å². The van der Waals surface area contributed by atoms with Gasteiger partial charge in [0, 0.05) is 24.9 Å². The number of rotatable bonds is 7. The summed E-state index contributed by atoms with van der Waals surface area (Å²) in [6.45, 7) is 3.67. The second kappa shape index (κ2) is 7.55. The Kier molecular flexibility index (Phi) is 5.69. The van der Waals surface area contributed by atoms with Crippen LogP contribution < -0.4 is 4.72 Å². The fraction of sp³-hybridized carbons (Fsp3) is 0.294. The Hall–Kier alpha value is -2.25. The number of carbonyl (C=O) groups is 1. The fourth-order valence-electron chi connectivity index (χ4n) is 2.38. The standard InChI is InChI=1S/C17H20N2O4S/c1-12-9-10-18-11-16(12)13(2)19-24(22,23)15-6-3-14(4-7-15)5-8-17(20)21/h3-4,6-7,9-11,13,19H,5,8H2,1-2H3,(H,20,21). The van der Waals surface area contributed by atoms with Crippen LogP contribution in [0.3, 0.4) is 0 Å². The van der Waals surface area contributed by atoms with Crippen molar-refractivity contribution in [1.82, 2.24) is 9.71 Å². The molecule has 2 rings (SSSR count). The quantitative estimate of drug-likeness (QED) is 0.801. The molecule has 0 amide bonds. The molecule has 0 radical (unpaired) electrons. The lowest BCUT2D eigenvalue weighted by atomic mass is 10.1. The Labute approximate surface area is 141 Å². The largest absolute Gasteiger partial charge is 0.481 e. The highest BCUT2D eigenvalue weighted by Crippen LogP contribution is 2.19. The van der Waals surface area contributed by atoms with Crippen LogP contribution in [0, 0.1) is 6.92 Å². The van der Waals surface area contributed by atoms with Crippen LogP contribution in [0.2, 0.25) is 0 Å². The van der Waals surface area contributed by atoms with Gasteiger partial charge in [0.25, 0.3) is 0 Å². The average molecular weight is 348 g/mol. The van der Waals surface area contributed by atoms with Crippen molar-refractivity contribution in [3.05, 3.63) is 59.4 Å². The summed E-state index contributed by atoms with van der Waals surface area (Å²) in [6.07, 6.45) is 3.70. The molecule has 6 nitrogen and oxygen atoms in total. The zero-order valence-corrected chi connectivity index (χ0v) is 14.4. The molecule has 0 aliphatic heterocycles. The number of aliphatic carboxylic acids is 1. The van der Waals surface area contributed by atoms with E-state index in [1.807, 2.05) is 13.0 Å². The van der Waals surface area contributed by atoms with E-state index >= 15 is 0 Å². The van der Waals surface area contributed by atoms with Gasteiger partial charge in [-0.05, 0) is 55.2 Å². The molecule has 128 valence electrons. The number of aromatic nitrogens is 1. The van der Waals surface area contributed by atoms with E-state index in [4.69, 9.17) is 5.11 Å². The molecular formula is C17H20N2O4S. The molecule has 2 aromatic rings. The number of benzene rings is 1. The minimum Gasteiger partial charge on any atom is -0.481 e. The molecule has 0 fully saturated rings. The molecule has 1 atom stereocenters. The van der Waals surface area contributed by atoms with E-state index < -0.39 is 22.0 Å². The number of carboxylic acid groups (broad SMARTS) is 1. The van der Waals surface area contributed by atoms with Gasteiger partial charge in [-0.15, -0.1) is 0 Å². The highest BCUT2D eigenvalue weighted by atomic mass is 32.2. The fourth-order valence-corrected chi connectivity index (χ4v) is 3.60. The Bertz CT molecular complexity index is 817. The zero-order valence-electron chi connectivity index (χ0n) is 13.6. The summed E-state index contributed by atoms with van der Waals surface area (Å²) >= 11 is 0. The first-order valence-corrected chi connectivity index (χ1v) is 9.01. The minimum atomic E-state index is -3.67. The van der Waals surface area contributed by atoms with Gasteiger partial charge in [0.1, 0.15) is 0 Å². The minimum absolute atomic E-state index is 0.0155. The van der Waals surface area contributed by atoms with E-state index in [0.717, 1.165) is 16.7 Å². The third kappa shape index (κ3) is 4.62. The first-order chi connectivity index (χ1) is 11.3. The summed E-state index contributed by atoms with van der Waals surface area (Å²) in [5.41, 5.74) is 2.57. The first-order valence-electron chi connectivity index (χ1n) is 7.53. The molecule has 0 saturated heterocycles. The van der Waals surface area contributed by atoms with Crippen molar-refractivity contribution in [2.45, 2.75) is 37.6 Å². The second-order valence-corrected chi connectivity index (χ2v) is 7.33. The molecule has 0 saturated carbocycles. The zero-order chi connectivity index (χ0) is 17.7. The van der Waals surface area contributed by atoms with Gasteiger partial charge in [0.15, 0.2) is 0 Å². The first kappa shape index (κ1) is 18.1. The molecule has 0 spiro atoms. The molecule has 24 heavy (non-hydrogen) atoms. The summed E-state index contributed by atoms with van der Waals surface area (Å²) in [7, 11) is -3.67. The van der Waals surface area contributed by atoms with Crippen LogP contribution >= 0.6 is 0 Å². The maximum Gasteiger partial charge on any atom is 0.303 e. The number of hydrogen-bond donors (Lipinski definition) is 2. The Morgan fingerprint density at radius 2 is 1.92 bits per heavy atom. The van der Waals surface area contributed by atoms with Crippen LogP contribution in [-0.4, -0.2) is 24.5 Å². The number of carboxylic acids is 1. The number of pyridine rings is 1. The van der Waals surface area contributed by atoms with Crippen LogP contribution in [0.5, 0.6) is 0 Å². The lowest BCUT2D eigenvalue weighted by Crippen LogP contribution is -2.27. The lowest BCUT2D eigenvalue weighted by Gasteiger charge is -2.16. The summed E-state index contributed by atoms with van der Waals surface area (Å²) < 4.78 is 27.6. The van der Waals surface area contributed by atoms with E-state index in [9.17, 15) is 13.2 Å². The highest BCUT2D eigenvalue weighted by molar-refractivity contribution is 7.89. The summed E-state index contributed by atoms with van der Waals surface area (Å²) in [4.78, 5) is 14.8. The SMILES string of the molecule is Cc1ccncc1C(C)NS(=O)(=O)c1ccc(CCC(=O)O)cc1. The van der Waals surface area contributed by atoms with Crippen molar-refractivity contribution < 1.29 is 18.3 Å². The van der Waals surface area contributed by atoms with E-state index in [1.54, 1.807) is 31.5 Å². The van der Waals surface area contributed by atoms with E-state index in [0.29, 0.717) is 6.42 Å². The summed E-state index contributed by atoms with van der Waals surface area (Å²) in [6, 6.07) is 7.67. The van der Waals surface area contributed by atoms with Gasteiger partial charge in [-0.2, -0.15) is 0 Å². The molecule has 1 aromatic carbocycles. The van der Waals surface area contributed by atoms with Crippen molar-refractivity contribution in [2.24, 2.45) is 0 Å². The third-order valence-electron chi connectivity index (χ3n) is 3.74. The summed E-state index contributed by atoms with van der Waals surface area (Å²) in [5, 5.41) is 8.68. The van der Waals surface area contributed by atoms with Gasteiger partial charge in [-0.25, -0.2) is 13.1 Å². The van der Waals surface area contributed by atoms with Crippen molar-refractivity contribution in [3.63, 3.8) is 0 Å². The van der Waals surface area contributed by atoms with Crippen LogP contribution in [0.1, 0.15) is 36.1 Å². The maximum atomic E-state index is 12.5. The molecule has 7 heteroatoms. The second-order valence-electron chi connectivity index (χ2n) is 5.61. The molecule has 0 bridgehead atoms. The van der Waals surface area contributed by atoms with Crippen molar-refractivity contribution in [2.75, 3.05) is 0 Å². The van der Waals surface area contributed by atoms with E-state index in [1.165, 1.54) is 12.1 Å². The molecule has 1 unspecified atom stereocenters. The number of nitrogens with one attached hydrogen (secondary N) is 1. The molecule has 0 aliphatic carbocycles. The number of nitrogens with zero attached hydrogens (tertiary/aromatic N) is 1. The topological polar surface area (TPSA) is 96.4 Å². The normalized spacial score (nSPS) is 12.8. The summed E-state index contributed by atoms with van der Waals surface area (Å²) in [5.74, 6) is -0.881. The van der Waals surface area contributed by atoms with Crippen LogP contribution in [0.15, 0.2) is 47.6 Å². The van der Waals surface area contributed by atoms with Gasteiger partial charge >= 0.3 is 5.97 Å². The molecule has 2 N–H and O–H groups in total. The molecule has 1 aromatic heterocycles. The van der Waals surface area contributed by atoms with Crippen LogP contribution in [0.4, 0.5) is 0 Å². The van der Waals surface area contributed by atoms with Crippen LogP contribution in [0.25, 0.3) is 0 Å². The monoisotopic (exact) mass is 348 g/mol. The Morgan fingerprint density at radius 1 is 1.25 bits per heavy atom. The number of hydrogen-bond acceptors (Lipinski definition) is 4. The predicted molar refractivity (Wildman–Crippen MR) is 90.1 cm³/mol. The van der Waals surface area contributed by atoms with Crippen molar-refractivity contribution >= 4 is 16.0 Å². The average Bonchev–Trinajstić information content (AvgIpc) is 2.53. The molecular weight excluding hydrogens is 328 g/mol. The smallest absolute Gasteiger partial charge is 0.303 e. The Morgan fingerprint density at radius 3 is 2.50 bits per heavy atom.